The molecule has 0 radical (unpaired) electrons. The van der Waals surface area contributed by atoms with Crippen LogP contribution in [0.2, 0.25) is 5.02 Å². The molecule has 110 valence electrons. The van der Waals surface area contributed by atoms with Gasteiger partial charge in [0.1, 0.15) is 11.6 Å². The predicted octanol–water partition coefficient (Wildman–Crippen LogP) is 4.09. The lowest BCUT2D eigenvalue weighted by molar-refractivity contribution is 0.101. The van der Waals surface area contributed by atoms with E-state index >= 15 is 0 Å². The zero-order valence-electron chi connectivity index (χ0n) is 11.7. The molecule has 1 N–H and O–H groups in total. The van der Waals surface area contributed by atoms with Crippen molar-refractivity contribution in [2.24, 2.45) is 0 Å². The molecule has 5 heteroatoms. The van der Waals surface area contributed by atoms with Crippen LogP contribution in [0.4, 0.5) is 10.1 Å². The maximum atomic E-state index is 13.4. The van der Waals surface area contributed by atoms with Crippen molar-refractivity contribution < 1.29 is 13.9 Å². The molecule has 2 aromatic rings. The molecule has 0 fully saturated rings. The molecule has 0 unspecified atom stereocenters. The number of Topliss-reactive ketones (excluding diaryl/α,β-unsaturated/α-hetero) is 1. The molecule has 0 spiro atoms. The van der Waals surface area contributed by atoms with E-state index in [9.17, 15) is 9.18 Å². The molecule has 0 aliphatic carbocycles. The highest BCUT2D eigenvalue weighted by molar-refractivity contribution is 6.32. The Hall–Kier alpha value is -2.07. The summed E-state index contributed by atoms with van der Waals surface area (Å²) in [6.07, 6.45) is 0. The molecule has 0 aliphatic heterocycles. The van der Waals surface area contributed by atoms with Gasteiger partial charge in [0.25, 0.3) is 0 Å². The highest BCUT2D eigenvalue weighted by Gasteiger charge is 2.09. The van der Waals surface area contributed by atoms with Crippen molar-refractivity contribution in [3.05, 3.63) is 58.4 Å². The van der Waals surface area contributed by atoms with Crippen molar-refractivity contribution >= 4 is 23.1 Å². The van der Waals surface area contributed by atoms with Gasteiger partial charge in [0.2, 0.25) is 0 Å². The number of ketones is 1. The van der Waals surface area contributed by atoms with Crippen LogP contribution in [0, 0.1) is 12.7 Å². The number of carbonyl (C=O) groups excluding carboxylic acids is 1. The van der Waals surface area contributed by atoms with Crippen molar-refractivity contribution in [2.75, 3.05) is 19.0 Å². The van der Waals surface area contributed by atoms with Crippen LogP contribution < -0.4 is 10.1 Å². The quantitative estimate of drug-likeness (QED) is 0.846. The van der Waals surface area contributed by atoms with E-state index in [1.807, 2.05) is 0 Å². The molecule has 0 saturated heterocycles. The fourth-order valence-corrected chi connectivity index (χ4v) is 2.08. The van der Waals surface area contributed by atoms with Gasteiger partial charge in [0.15, 0.2) is 5.78 Å². The highest BCUT2D eigenvalue weighted by Crippen LogP contribution is 2.27. The summed E-state index contributed by atoms with van der Waals surface area (Å²) in [6, 6.07) is 9.59. The molecule has 0 aliphatic rings. The van der Waals surface area contributed by atoms with E-state index in [1.54, 1.807) is 37.3 Å². The lowest BCUT2D eigenvalue weighted by atomic mass is 10.1. The first-order chi connectivity index (χ1) is 10.0. The number of methoxy groups -OCH3 is 1. The van der Waals surface area contributed by atoms with Crippen molar-refractivity contribution in [3.8, 4) is 5.75 Å². The van der Waals surface area contributed by atoms with Crippen LogP contribution in [0.3, 0.4) is 0 Å². The molecule has 0 amide bonds. The van der Waals surface area contributed by atoms with Gasteiger partial charge in [-0.25, -0.2) is 4.39 Å². The number of aryl methyl sites for hydroxylation is 1. The molecular formula is C16H15ClFNO2. The van der Waals surface area contributed by atoms with Crippen molar-refractivity contribution in [2.45, 2.75) is 6.92 Å². The number of rotatable bonds is 5. The number of nitrogens with one attached hydrogen (secondary N) is 1. The Balaban J connectivity index is 2.03. The van der Waals surface area contributed by atoms with Crippen LogP contribution in [0.1, 0.15) is 15.9 Å². The third-order valence-electron chi connectivity index (χ3n) is 3.10. The van der Waals surface area contributed by atoms with E-state index in [-0.39, 0.29) is 18.1 Å². The Kier molecular flexibility index (Phi) is 4.81. The van der Waals surface area contributed by atoms with Crippen molar-refractivity contribution in [1.29, 1.82) is 0 Å². The Labute approximate surface area is 127 Å². The van der Waals surface area contributed by atoms with Gasteiger partial charge in [-0.3, -0.25) is 4.79 Å². The first kappa shape index (κ1) is 15.3. The summed E-state index contributed by atoms with van der Waals surface area (Å²) in [6.45, 7) is 1.71. The van der Waals surface area contributed by atoms with Crippen LogP contribution >= 0.6 is 11.6 Å². The van der Waals surface area contributed by atoms with Gasteiger partial charge in [-0.1, -0.05) is 23.7 Å². The minimum absolute atomic E-state index is 0.0607. The fourth-order valence-electron chi connectivity index (χ4n) is 1.83. The first-order valence-corrected chi connectivity index (χ1v) is 6.76. The van der Waals surface area contributed by atoms with Crippen LogP contribution in [-0.4, -0.2) is 19.4 Å². The highest BCUT2D eigenvalue weighted by atomic mass is 35.5. The van der Waals surface area contributed by atoms with Crippen LogP contribution in [-0.2, 0) is 0 Å². The number of halogens is 2. The maximum Gasteiger partial charge on any atom is 0.181 e. The summed E-state index contributed by atoms with van der Waals surface area (Å²) < 4.78 is 18.5. The SMILES string of the molecule is COc1ccc(NCC(=O)c2ccc(C)c(F)c2)cc1Cl. The minimum Gasteiger partial charge on any atom is -0.495 e. The lowest BCUT2D eigenvalue weighted by Gasteiger charge is -2.09. The maximum absolute atomic E-state index is 13.4. The van der Waals surface area contributed by atoms with Crippen LogP contribution in [0.5, 0.6) is 5.75 Å². The standard InChI is InChI=1S/C16H15ClFNO2/c1-10-3-4-11(7-14(10)18)15(20)9-19-12-5-6-16(21-2)13(17)8-12/h3-8,19H,9H2,1-2H3. The summed E-state index contributed by atoms with van der Waals surface area (Å²) in [7, 11) is 1.53. The predicted molar refractivity (Wildman–Crippen MR) is 82.0 cm³/mol. The average Bonchev–Trinajstić information content (AvgIpc) is 2.47. The molecular weight excluding hydrogens is 293 g/mol. The second-order valence-corrected chi connectivity index (χ2v) is 5.00. The minimum atomic E-state index is -0.381. The third kappa shape index (κ3) is 3.73. The molecule has 21 heavy (non-hydrogen) atoms. The number of benzene rings is 2. The van der Waals surface area contributed by atoms with E-state index in [4.69, 9.17) is 16.3 Å². The van der Waals surface area contributed by atoms with Crippen molar-refractivity contribution in [3.63, 3.8) is 0 Å². The summed E-state index contributed by atoms with van der Waals surface area (Å²) in [5, 5.41) is 3.41. The smallest absolute Gasteiger partial charge is 0.181 e. The number of hydrogen-bond donors (Lipinski definition) is 1. The molecule has 3 nitrogen and oxygen atoms in total. The summed E-state index contributed by atoms with van der Waals surface area (Å²) in [5.41, 5.74) is 1.55. The summed E-state index contributed by atoms with van der Waals surface area (Å²) in [4.78, 5) is 12.0. The van der Waals surface area contributed by atoms with Gasteiger partial charge >= 0.3 is 0 Å². The second kappa shape index (κ2) is 6.59. The molecule has 0 aromatic heterocycles. The molecule has 0 atom stereocenters. The van der Waals surface area contributed by atoms with Gasteiger partial charge in [-0.05, 0) is 36.8 Å². The van der Waals surface area contributed by atoms with Gasteiger partial charge in [0, 0.05) is 11.3 Å². The van der Waals surface area contributed by atoms with Gasteiger partial charge in [-0.15, -0.1) is 0 Å². The Bertz CT molecular complexity index is 673. The van der Waals surface area contributed by atoms with Gasteiger partial charge in [0.05, 0.1) is 18.7 Å². The topological polar surface area (TPSA) is 38.3 Å². The van der Waals surface area contributed by atoms with E-state index in [2.05, 4.69) is 5.32 Å². The van der Waals surface area contributed by atoms with E-state index in [0.29, 0.717) is 27.6 Å². The first-order valence-electron chi connectivity index (χ1n) is 6.38. The second-order valence-electron chi connectivity index (χ2n) is 4.59. The largest absolute Gasteiger partial charge is 0.495 e. The molecule has 0 bridgehead atoms. The number of hydrogen-bond acceptors (Lipinski definition) is 3. The number of anilines is 1. The average molecular weight is 308 g/mol. The monoisotopic (exact) mass is 307 g/mol. The van der Waals surface area contributed by atoms with Crippen LogP contribution in [0.15, 0.2) is 36.4 Å². The third-order valence-corrected chi connectivity index (χ3v) is 3.39. The van der Waals surface area contributed by atoms with Gasteiger partial charge < -0.3 is 10.1 Å². The summed E-state index contributed by atoms with van der Waals surface area (Å²) >= 11 is 6.00. The molecule has 2 rings (SSSR count). The Morgan fingerprint density at radius 1 is 1.29 bits per heavy atom. The molecule has 0 saturated carbocycles. The van der Waals surface area contributed by atoms with E-state index in [0.717, 1.165) is 0 Å². The number of ether oxygens (including phenoxy) is 1. The van der Waals surface area contributed by atoms with E-state index in [1.165, 1.54) is 13.2 Å². The lowest BCUT2D eigenvalue weighted by Crippen LogP contribution is -2.14. The van der Waals surface area contributed by atoms with E-state index < -0.39 is 0 Å². The Morgan fingerprint density at radius 3 is 2.67 bits per heavy atom. The summed E-state index contributed by atoms with van der Waals surface area (Å²) in [5.74, 6) is -0.0108. The van der Waals surface area contributed by atoms with Crippen molar-refractivity contribution in [1.82, 2.24) is 0 Å². The Morgan fingerprint density at radius 2 is 2.05 bits per heavy atom. The zero-order chi connectivity index (χ0) is 15.4. The fraction of sp³-hybridized carbons (Fsp3) is 0.188. The molecule has 0 heterocycles. The molecule has 2 aromatic carbocycles. The van der Waals surface area contributed by atoms with Gasteiger partial charge in [-0.2, -0.15) is 0 Å². The normalized spacial score (nSPS) is 10.3. The number of carbonyl (C=O) groups is 1. The van der Waals surface area contributed by atoms with Crippen LogP contribution in [0.25, 0.3) is 0 Å². The zero-order valence-corrected chi connectivity index (χ0v) is 12.5.